The smallest absolute Gasteiger partial charge is 0.345 e. The van der Waals surface area contributed by atoms with Gasteiger partial charge < -0.3 is 10.6 Å². The highest BCUT2D eigenvalue weighted by molar-refractivity contribution is 6.30. The first-order valence-corrected chi connectivity index (χ1v) is 10.2. The summed E-state index contributed by atoms with van der Waals surface area (Å²) in [5.74, 6) is -1.38. The van der Waals surface area contributed by atoms with Gasteiger partial charge in [0.25, 0.3) is 11.6 Å². The van der Waals surface area contributed by atoms with Crippen LogP contribution >= 0.6 is 11.6 Å². The van der Waals surface area contributed by atoms with Crippen LogP contribution in [-0.2, 0) is 11.0 Å². The van der Waals surface area contributed by atoms with Crippen LogP contribution in [0, 0.1) is 10.1 Å². The van der Waals surface area contributed by atoms with E-state index in [-0.39, 0.29) is 6.42 Å². The molecule has 34 heavy (non-hydrogen) atoms. The molecular formula is C23H17ClF3N3O4. The first kappa shape index (κ1) is 24.7. The van der Waals surface area contributed by atoms with Gasteiger partial charge in [-0.3, -0.25) is 19.7 Å². The molecule has 2 N–H and O–H groups in total. The topological polar surface area (TPSA) is 101 Å². The third kappa shape index (κ3) is 6.32. The largest absolute Gasteiger partial charge is 0.423 e. The Morgan fingerprint density at radius 1 is 1.00 bits per heavy atom. The maximum Gasteiger partial charge on any atom is 0.423 e. The lowest BCUT2D eigenvalue weighted by molar-refractivity contribution is -0.388. The molecule has 0 fully saturated rings. The van der Waals surface area contributed by atoms with Crippen molar-refractivity contribution in [1.82, 2.24) is 5.32 Å². The molecule has 3 aromatic carbocycles. The molecule has 0 saturated carbocycles. The van der Waals surface area contributed by atoms with Gasteiger partial charge in [-0.15, -0.1) is 0 Å². The summed E-state index contributed by atoms with van der Waals surface area (Å²) in [6.07, 6.45) is -5.26. The molecule has 0 saturated heterocycles. The number of nitrogens with zero attached hydrogens (tertiary/aromatic N) is 1. The lowest BCUT2D eigenvalue weighted by atomic mass is 10.0. The Hall–Kier alpha value is -3.92. The van der Waals surface area contributed by atoms with E-state index >= 15 is 0 Å². The number of amides is 2. The molecule has 1 unspecified atom stereocenters. The maximum atomic E-state index is 13.3. The average Bonchev–Trinajstić information content (AvgIpc) is 2.79. The highest BCUT2D eigenvalue weighted by Crippen LogP contribution is 2.36. The van der Waals surface area contributed by atoms with Crippen LogP contribution in [0.2, 0.25) is 5.02 Å². The average molecular weight is 492 g/mol. The highest BCUT2D eigenvalue weighted by atomic mass is 35.5. The Morgan fingerprint density at radius 3 is 2.24 bits per heavy atom. The summed E-state index contributed by atoms with van der Waals surface area (Å²) in [7, 11) is 0. The maximum absolute atomic E-state index is 13.3. The lowest BCUT2D eigenvalue weighted by Crippen LogP contribution is -2.31. The first-order chi connectivity index (χ1) is 16.0. The van der Waals surface area contributed by atoms with Crippen molar-refractivity contribution < 1.29 is 27.7 Å². The highest BCUT2D eigenvalue weighted by Gasteiger charge is 2.39. The fourth-order valence-corrected chi connectivity index (χ4v) is 3.30. The van der Waals surface area contributed by atoms with E-state index in [1.165, 1.54) is 0 Å². The normalized spacial score (nSPS) is 12.0. The Balaban J connectivity index is 1.84. The number of nitro benzene ring substituents is 1. The van der Waals surface area contributed by atoms with E-state index in [1.54, 1.807) is 54.6 Å². The van der Waals surface area contributed by atoms with E-state index in [9.17, 15) is 32.9 Å². The van der Waals surface area contributed by atoms with Gasteiger partial charge in [-0.2, -0.15) is 13.2 Å². The zero-order valence-electron chi connectivity index (χ0n) is 17.3. The molecule has 0 aromatic heterocycles. The van der Waals surface area contributed by atoms with Gasteiger partial charge in [0.15, 0.2) is 0 Å². The van der Waals surface area contributed by atoms with Crippen molar-refractivity contribution in [3.05, 3.63) is 105 Å². The van der Waals surface area contributed by atoms with E-state index in [2.05, 4.69) is 10.6 Å². The summed E-state index contributed by atoms with van der Waals surface area (Å²) in [5.41, 5.74) is -2.12. The van der Waals surface area contributed by atoms with E-state index in [4.69, 9.17) is 11.6 Å². The number of alkyl halides is 3. The molecule has 0 aliphatic carbocycles. The molecule has 0 aliphatic heterocycles. The number of rotatable bonds is 7. The van der Waals surface area contributed by atoms with Crippen LogP contribution in [0.4, 0.5) is 24.5 Å². The minimum atomic E-state index is -5.03. The number of anilines is 1. The summed E-state index contributed by atoms with van der Waals surface area (Å²) in [4.78, 5) is 35.1. The van der Waals surface area contributed by atoms with Crippen molar-refractivity contribution in [2.75, 3.05) is 5.32 Å². The van der Waals surface area contributed by atoms with Crippen LogP contribution < -0.4 is 10.6 Å². The zero-order chi connectivity index (χ0) is 24.9. The molecule has 11 heteroatoms. The quantitative estimate of drug-likeness (QED) is 0.324. The molecule has 0 heterocycles. The molecule has 1 atom stereocenters. The van der Waals surface area contributed by atoms with Gasteiger partial charge in [0.2, 0.25) is 5.91 Å². The van der Waals surface area contributed by atoms with Gasteiger partial charge in [-0.1, -0.05) is 41.9 Å². The Kier molecular flexibility index (Phi) is 7.52. The Bertz CT molecular complexity index is 1200. The molecule has 176 valence electrons. The van der Waals surface area contributed by atoms with Gasteiger partial charge in [-0.05, 0) is 42.0 Å². The van der Waals surface area contributed by atoms with Gasteiger partial charge in [0.1, 0.15) is 5.56 Å². The van der Waals surface area contributed by atoms with Gasteiger partial charge in [-0.25, -0.2) is 0 Å². The van der Waals surface area contributed by atoms with Crippen molar-refractivity contribution >= 4 is 34.8 Å². The van der Waals surface area contributed by atoms with Crippen molar-refractivity contribution in [3.8, 4) is 0 Å². The molecule has 0 bridgehead atoms. The van der Waals surface area contributed by atoms with Crippen LogP contribution in [0.3, 0.4) is 0 Å². The lowest BCUT2D eigenvalue weighted by Gasteiger charge is -2.19. The van der Waals surface area contributed by atoms with Crippen molar-refractivity contribution in [2.45, 2.75) is 18.6 Å². The van der Waals surface area contributed by atoms with Crippen molar-refractivity contribution in [3.63, 3.8) is 0 Å². The van der Waals surface area contributed by atoms with Crippen LogP contribution in [0.5, 0.6) is 0 Å². The number of nitro groups is 1. The van der Waals surface area contributed by atoms with Crippen molar-refractivity contribution in [1.29, 1.82) is 0 Å². The van der Waals surface area contributed by atoms with Crippen molar-refractivity contribution in [2.24, 2.45) is 0 Å². The molecular weight excluding hydrogens is 475 g/mol. The second kappa shape index (κ2) is 10.3. The summed E-state index contributed by atoms with van der Waals surface area (Å²) >= 11 is 5.83. The summed E-state index contributed by atoms with van der Waals surface area (Å²) in [5, 5.41) is 16.6. The molecule has 2 amide bonds. The minimum Gasteiger partial charge on any atom is -0.345 e. The number of halogens is 4. The Labute approximate surface area is 196 Å². The van der Waals surface area contributed by atoms with Crippen LogP contribution in [0.25, 0.3) is 0 Å². The Morgan fingerprint density at radius 2 is 1.65 bits per heavy atom. The standard InChI is InChI=1S/C23H17ClF3N3O4/c24-16-7-9-17(10-8-16)28-21(31)13-19(14-4-2-1-3-5-14)29-22(32)15-6-11-20(30(33)34)18(12-15)23(25,26)27/h1-12,19H,13H2,(H,28,31)(H,29,32). The number of nitrogens with one attached hydrogen (secondary N) is 2. The fraction of sp³-hybridized carbons (Fsp3) is 0.130. The molecule has 7 nitrogen and oxygen atoms in total. The van der Waals surface area contributed by atoms with Gasteiger partial charge in [0.05, 0.1) is 17.4 Å². The van der Waals surface area contributed by atoms with Crippen LogP contribution in [0.1, 0.15) is 33.9 Å². The molecule has 3 aromatic rings. The number of carbonyl (C=O) groups excluding carboxylic acids is 2. The van der Waals surface area contributed by atoms with E-state index in [0.29, 0.717) is 28.4 Å². The minimum absolute atomic E-state index is 0.225. The number of benzene rings is 3. The predicted octanol–water partition coefficient (Wildman–Crippen LogP) is 5.77. The van der Waals surface area contributed by atoms with E-state index in [0.717, 1.165) is 6.07 Å². The third-order valence-electron chi connectivity index (χ3n) is 4.79. The van der Waals surface area contributed by atoms with Crippen LogP contribution in [0.15, 0.2) is 72.8 Å². The van der Waals surface area contributed by atoms with Gasteiger partial charge in [0, 0.05) is 22.3 Å². The second-order valence-corrected chi connectivity index (χ2v) is 7.62. The molecule has 0 aliphatic rings. The summed E-state index contributed by atoms with van der Waals surface area (Å²) in [6, 6.07) is 15.8. The summed E-state index contributed by atoms with van der Waals surface area (Å²) < 4.78 is 39.9. The van der Waals surface area contributed by atoms with E-state index in [1.807, 2.05) is 0 Å². The first-order valence-electron chi connectivity index (χ1n) is 9.81. The van der Waals surface area contributed by atoms with Crippen LogP contribution in [-0.4, -0.2) is 16.7 Å². The SMILES string of the molecule is O=C(CC(NC(=O)c1ccc([N+](=O)[O-])c(C(F)(F)F)c1)c1ccccc1)Nc1ccc(Cl)cc1. The number of hydrogen-bond donors (Lipinski definition) is 2. The zero-order valence-corrected chi connectivity index (χ0v) is 18.1. The second-order valence-electron chi connectivity index (χ2n) is 7.18. The molecule has 0 spiro atoms. The monoisotopic (exact) mass is 491 g/mol. The third-order valence-corrected chi connectivity index (χ3v) is 5.04. The predicted molar refractivity (Wildman–Crippen MR) is 119 cm³/mol. The van der Waals surface area contributed by atoms with E-state index < -0.39 is 45.8 Å². The summed E-state index contributed by atoms with van der Waals surface area (Å²) in [6.45, 7) is 0. The molecule has 0 radical (unpaired) electrons. The number of carbonyl (C=O) groups is 2. The fourth-order valence-electron chi connectivity index (χ4n) is 3.17. The molecule has 3 rings (SSSR count). The van der Waals surface area contributed by atoms with Gasteiger partial charge >= 0.3 is 6.18 Å². The number of hydrogen-bond acceptors (Lipinski definition) is 4.